The highest BCUT2D eigenvalue weighted by atomic mass is 35.5. The van der Waals surface area contributed by atoms with Crippen LogP contribution in [0.15, 0.2) is 36.4 Å². The highest BCUT2D eigenvalue weighted by molar-refractivity contribution is 6.35. The first-order valence-corrected chi connectivity index (χ1v) is 7.45. The molecule has 2 nitrogen and oxygen atoms in total. The molecular weight excluding hydrogens is 338 g/mol. The number of rotatable bonds is 2. The normalized spacial score (nSPS) is 11.2. The Hall–Kier alpha value is -0.930. The monoisotopic (exact) mass is 344 g/mol. The van der Waals surface area contributed by atoms with Crippen molar-refractivity contribution in [3.63, 3.8) is 0 Å². The lowest BCUT2D eigenvalue weighted by Gasteiger charge is -2.09. The molecule has 0 atom stereocenters. The van der Waals surface area contributed by atoms with Crippen LogP contribution < -0.4 is 0 Å². The predicted molar refractivity (Wildman–Crippen MR) is 85.7 cm³/mol. The second-order valence-electron chi connectivity index (χ2n) is 4.23. The molecule has 3 rings (SSSR count). The summed E-state index contributed by atoms with van der Waals surface area (Å²) in [6.45, 7) is 0. The Morgan fingerprint density at radius 3 is 2.35 bits per heavy atom. The molecule has 0 bridgehead atoms. The van der Waals surface area contributed by atoms with E-state index in [1.807, 2.05) is 28.8 Å². The number of imidazole rings is 1. The zero-order valence-corrected chi connectivity index (χ0v) is 13.1. The van der Waals surface area contributed by atoms with Crippen molar-refractivity contribution in [1.82, 2.24) is 9.55 Å². The molecule has 0 spiro atoms. The smallest absolute Gasteiger partial charge is 0.129 e. The third kappa shape index (κ3) is 2.38. The summed E-state index contributed by atoms with van der Waals surface area (Å²) in [6, 6.07) is 10.9. The van der Waals surface area contributed by atoms with Gasteiger partial charge in [-0.15, -0.1) is 11.6 Å². The van der Waals surface area contributed by atoms with Crippen LogP contribution in [0.2, 0.25) is 15.1 Å². The summed E-state index contributed by atoms with van der Waals surface area (Å²) < 4.78 is 1.91. The van der Waals surface area contributed by atoms with Crippen LogP contribution in [0.3, 0.4) is 0 Å². The van der Waals surface area contributed by atoms with Crippen molar-refractivity contribution < 1.29 is 0 Å². The number of halogens is 4. The zero-order valence-electron chi connectivity index (χ0n) is 10.1. The van der Waals surface area contributed by atoms with Crippen molar-refractivity contribution in [1.29, 1.82) is 0 Å². The third-order valence-corrected chi connectivity index (χ3v) is 3.91. The molecular formula is C14H8Cl4N2. The summed E-state index contributed by atoms with van der Waals surface area (Å²) in [7, 11) is 0. The average Bonchev–Trinajstić information content (AvgIpc) is 2.77. The van der Waals surface area contributed by atoms with E-state index in [1.54, 1.807) is 12.1 Å². The number of hydrogen-bond donors (Lipinski definition) is 0. The fourth-order valence-corrected chi connectivity index (χ4v) is 3.06. The predicted octanol–water partition coefficient (Wildman–Crippen LogP) is 5.72. The van der Waals surface area contributed by atoms with Crippen LogP contribution in [0.25, 0.3) is 16.7 Å². The molecule has 0 saturated heterocycles. The van der Waals surface area contributed by atoms with Gasteiger partial charge in [0.2, 0.25) is 0 Å². The number of nitrogens with zero attached hydrogens (tertiary/aromatic N) is 2. The second-order valence-corrected chi connectivity index (χ2v) is 5.78. The van der Waals surface area contributed by atoms with E-state index < -0.39 is 0 Å². The molecule has 0 fully saturated rings. The van der Waals surface area contributed by atoms with Gasteiger partial charge in [0.15, 0.2) is 0 Å². The van der Waals surface area contributed by atoms with Crippen molar-refractivity contribution in [2.24, 2.45) is 0 Å². The van der Waals surface area contributed by atoms with Crippen LogP contribution in [0.4, 0.5) is 0 Å². The minimum atomic E-state index is 0.259. The van der Waals surface area contributed by atoms with E-state index in [9.17, 15) is 0 Å². The van der Waals surface area contributed by atoms with Gasteiger partial charge in [-0.2, -0.15) is 0 Å². The van der Waals surface area contributed by atoms with Gasteiger partial charge in [0.05, 0.1) is 22.1 Å². The van der Waals surface area contributed by atoms with Crippen molar-refractivity contribution in [3.05, 3.63) is 57.3 Å². The van der Waals surface area contributed by atoms with Gasteiger partial charge in [0.1, 0.15) is 11.3 Å². The first-order chi connectivity index (χ1) is 9.60. The van der Waals surface area contributed by atoms with Crippen LogP contribution in [-0.4, -0.2) is 9.55 Å². The van der Waals surface area contributed by atoms with Crippen molar-refractivity contribution in [3.8, 4) is 5.69 Å². The number of hydrogen-bond acceptors (Lipinski definition) is 1. The summed E-state index contributed by atoms with van der Waals surface area (Å²) in [5.74, 6) is 0.947. The first-order valence-electron chi connectivity index (χ1n) is 5.78. The molecule has 20 heavy (non-hydrogen) atoms. The standard InChI is InChI=1S/C14H8Cl4N2/c15-7-13-19-14-11(18)2-1-3-12(14)20(13)10-5-8(16)4-9(17)6-10/h1-6H,7H2. The maximum absolute atomic E-state index is 6.18. The lowest BCUT2D eigenvalue weighted by Crippen LogP contribution is -1.99. The van der Waals surface area contributed by atoms with Gasteiger partial charge in [-0.25, -0.2) is 4.98 Å². The van der Waals surface area contributed by atoms with E-state index in [-0.39, 0.29) is 5.88 Å². The van der Waals surface area contributed by atoms with E-state index in [0.29, 0.717) is 26.4 Å². The second kappa shape index (κ2) is 5.45. The van der Waals surface area contributed by atoms with Crippen LogP contribution in [-0.2, 0) is 5.88 Å². The van der Waals surface area contributed by atoms with Gasteiger partial charge in [-0.05, 0) is 30.3 Å². The Morgan fingerprint density at radius 2 is 1.70 bits per heavy atom. The minimum Gasteiger partial charge on any atom is -0.295 e. The fourth-order valence-electron chi connectivity index (χ4n) is 2.16. The van der Waals surface area contributed by atoms with Gasteiger partial charge in [-0.1, -0.05) is 40.9 Å². The lowest BCUT2D eigenvalue weighted by molar-refractivity contribution is 0.982. The van der Waals surface area contributed by atoms with E-state index >= 15 is 0 Å². The summed E-state index contributed by atoms with van der Waals surface area (Å²) in [4.78, 5) is 4.48. The summed E-state index contributed by atoms with van der Waals surface area (Å²) in [6.07, 6.45) is 0. The topological polar surface area (TPSA) is 17.8 Å². The molecule has 0 unspecified atom stereocenters. The fraction of sp³-hybridized carbons (Fsp3) is 0.0714. The molecule has 1 heterocycles. The Morgan fingerprint density at radius 1 is 1.00 bits per heavy atom. The number of alkyl halides is 1. The van der Waals surface area contributed by atoms with Gasteiger partial charge >= 0.3 is 0 Å². The molecule has 102 valence electrons. The first kappa shape index (κ1) is 14.0. The molecule has 3 aromatic rings. The largest absolute Gasteiger partial charge is 0.295 e. The summed E-state index contributed by atoms with van der Waals surface area (Å²) >= 11 is 24.3. The molecule has 2 aromatic carbocycles. The van der Waals surface area contributed by atoms with E-state index in [1.165, 1.54) is 0 Å². The molecule has 0 amide bonds. The van der Waals surface area contributed by atoms with Crippen LogP contribution in [0, 0.1) is 0 Å². The van der Waals surface area contributed by atoms with Gasteiger partial charge in [-0.3, -0.25) is 4.57 Å². The maximum atomic E-state index is 6.18. The van der Waals surface area contributed by atoms with Crippen molar-refractivity contribution in [2.75, 3.05) is 0 Å². The van der Waals surface area contributed by atoms with E-state index in [2.05, 4.69) is 4.98 Å². The lowest BCUT2D eigenvalue weighted by atomic mass is 10.2. The zero-order chi connectivity index (χ0) is 14.3. The molecule has 0 radical (unpaired) electrons. The van der Waals surface area contributed by atoms with Crippen LogP contribution in [0.5, 0.6) is 0 Å². The molecule has 6 heteroatoms. The molecule has 1 aromatic heterocycles. The third-order valence-electron chi connectivity index (χ3n) is 2.93. The number of fused-ring (bicyclic) bond motifs is 1. The quantitative estimate of drug-likeness (QED) is 0.543. The highest BCUT2D eigenvalue weighted by Gasteiger charge is 2.14. The van der Waals surface area contributed by atoms with Crippen molar-refractivity contribution in [2.45, 2.75) is 5.88 Å². The maximum Gasteiger partial charge on any atom is 0.129 e. The van der Waals surface area contributed by atoms with Gasteiger partial charge < -0.3 is 0 Å². The Bertz CT molecular complexity index is 775. The molecule has 0 aliphatic rings. The van der Waals surface area contributed by atoms with Gasteiger partial charge in [0, 0.05) is 10.0 Å². The summed E-state index contributed by atoms with van der Waals surface area (Å²) in [5.41, 5.74) is 2.38. The average molecular weight is 346 g/mol. The molecule has 0 N–H and O–H groups in total. The molecule has 0 saturated carbocycles. The number of aromatic nitrogens is 2. The van der Waals surface area contributed by atoms with Crippen LogP contribution in [0.1, 0.15) is 5.82 Å². The van der Waals surface area contributed by atoms with Gasteiger partial charge in [0.25, 0.3) is 0 Å². The minimum absolute atomic E-state index is 0.259. The number of benzene rings is 2. The highest BCUT2D eigenvalue weighted by Crippen LogP contribution is 2.30. The molecule has 0 aliphatic carbocycles. The van der Waals surface area contributed by atoms with E-state index in [4.69, 9.17) is 46.4 Å². The number of para-hydroxylation sites is 1. The van der Waals surface area contributed by atoms with Crippen LogP contribution >= 0.6 is 46.4 Å². The summed E-state index contributed by atoms with van der Waals surface area (Å²) in [5, 5.41) is 1.69. The Kier molecular flexibility index (Phi) is 3.83. The Labute approximate surface area is 135 Å². The van der Waals surface area contributed by atoms with E-state index in [0.717, 1.165) is 11.2 Å². The SMILES string of the molecule is ClCc1nc2c(Cl)cccc2n1-c1cc(Cl)cc(Cl)c1. The van der Waals surface area contributed by atoms with Crippen molar-refractivity contribution >= 4 is 57.4 Å². The molecule has 0 aliphatic heterocycles. The Balaban J connectivity index is 2.37.